The van der Waals surface area contributed by atoms with Crippen molar-refractivity contribution >= 4 is 5.91 Å². The van der Waals surface area contributed by atoms with E-state index in [4.69, 9.17) is 4.74 Å². The molecule has 0 bridgehead atoms. The molecular formula is C20H25N3O2. The molecule has 132 valence electrons. The van der Waals surface area contributed by atoms with E-state index in [0.717, 1.165) is 44.7 Å². The molecule has 5 heteroatoms. The Kier molecular flexibility index (Phi) is 4.83. The number of hydrogen-bond donors (Lipinski definition) is 0. The van der Waals surface area contributed by atoms with Crippen molar-refractivity contribution in [2.24, 2.45) is 5.92 Å². The third-order valence-electron chi connectivity index (χ3n) is 5.27. The van der Waals surface area contributed by atoms with E-state index < -0.39 is 0 Å². The average molecular weight is 339 g/mol. The number of hydrogen-bond acceptors (Lipinski definition) is 3. The molecule has 1 amide bonds. The molecule has 1 aromatic carbocycles. The molecule has 0 radical (unpaired) electrons. The molecule has 1 saturated heterocycles. The Morgan fingerprint density at radius 1 is 1.28 bits per heavy atom. The van der Waals surface area contributed by atoms with Gasteiger partial charge in [0.1, 0.15) is 5.82 Å². The van der Waals surface area contributed by atoms with Crippen LogP contribution in [0.3, 0.4) is 0 Å². The van der Waals surface area contributed by atoms with Gasteiger partial charge >= 0.3 is 0 Å². The van der Waals surface area contributed by atoms with Gasteiger partial charge in [0.25, 0.3) is 0 Å². The van der Waals surface area contributed by atoms with Crippen LogP contribution in [-0.2, 0) is 29.0 Å². The SMILES string of the molecule is O=C([C@H]1CCn2ccnc2C1)N(Cc1ccccc1)C[C@H]1CCCO1. The lowest BCUT2D eigenvalue weighted by Gasteiger charge is -2.31. The Bertz CT molecular complexity index is 707. The number of imidazole rings is 1. The summed E-state index contributed by atoms with van der Waals surface area (Å²) in [5.41, 5.74) is 1.17. The van der Waals surface area contributed by atoms with Gasteiger partial charge in [-0.2, -0.15) is 0 Å². The van der Waals surface area contributed by atoms with Crippen LogP contribution in [0.2, 0.25) is 0 Å². The van der Waals surface area contributed by atoms with Crippen molar-refractivity contribution in [3.05, 3.63) is 54.1 Å². The zero-order valence-electron chi connectivity index (χ0n) is 14.5. The minimum absolute atomic E-state index is 0.0278. The minimum atomic E-state index is 0.0278. The number of carbonyl (C=O) groups excluding carboxylic acids is 1. The molecule has 2 atom stereocenters. The summed E-state index contributed by atoms with van der Waals surface area (Å²) in [6.07, 6.45) is 7.78. The molecule has 2 aliphatic rings. The van der Waals surface area contributed by atoms with Gasteiger partial charge in [-0.1, -0.05) is 30.3 Å². The second-order valence-electron chi connectivity index (χ2n) is 7.07. The number of ether oxygens (including phenoxy) is 1. The van der Waals surface area contributed by atoms with Crippen molar-refractivity contribution in [1.82, 2.24) is 14.5 Å². The highest BCUT2D eigenvalue weighted by Gasteiger charge is 2.31. The Labute approximate surface area is 148 Å². The second kappa shape index (κ2) is 7.40. The van der Waals surface area contributed by atoms with Gasteiger partial charge in [-0.15, -0.1) is 0 Å². The number of amides is 1. The summed E-state index contributed by atoms with van der Waals surface area (Å²) in [5.74, 6) is 1.30. The fraction of sp³-hybridized carbons (Fsp3) is 0.500. The fourth-order valence-electron chi connectivity index (χ4n) is 3.89. The van der Waals surface area contributed by atoms with Crippen LogP contribution >= 0.6 is 0 Å². The van der Waals surface area contributed by atoms with Crippen molar-refractivity contribution in [2.45, 2.75) is 44.9 Å². The van der Waals surface area contributed by atoms with Crippen molar-refractivity contribution < 1.29 is 9.53 Å². The van der Waals surface area contributed by atoms with Gasteiger partial charge in [-0.3, -0.25) is 4.79 Å². The van der Waals surface area contributed by atoms with Crippen molar-refractivity contribution in [3.63, 3.8) is 0 Å². The first-order chi connectivity index (χ1) is 12.3. The highest BCUT2D eigenvalue weighted by molar-refractivity contribution is 5.79. The third-order valence-corrected chi connectivity index (χ3v) is 5.27. The molecule has 25 heavy (non-hydrogen) atoms. The Morgan fingerprint density at radius 2 is 2.16 bits per heavy atom. The predicted octanol–water partition coefficient (Wildman–Crippen LogP) is 2.65. The zero-order chi connectivity index (χ0) is 17.1. The summed E-state index contributed by atoms with van der Waals surface area (Å²) in [5, 5.41) is 0. The first-order valence-electron chi connectivity index (χ1n) is 9.24. The minimum Gasteiger partial charge on any atom is -0.376 e. The maximum atomic E-state index is 13.3. The monoisotopic (exact) mass is 339 g/mol. The molecule has 0 unspecified atom stereocenters. The van der Waals surface area contributed by atoms with Crippen molar-refractivity contribution in [2.75, 3.05) is 13.2 Å². The molecule has 0 aliphatic carbocycles. The van der Waals surface area contributed by atoms with Gasteiger partial charge in [0.2, 0.25) is 5.91 Å². The first-order valence-corrected chi connectivity index (χ1v) is 9.24. The molecule has 5 nitrogen and oxygen atoms in total. The number of nitrogens with zero attached hydrogens (tertiary/aromatic N) is 3. The maximum Gasteiger partial charge on any atom is 0.226 e. The standard InChI is InChI=1S/C20H25N3O2/c24-20(17-8-10-22-11-9-21-19(22)13-17)23(15-18-7-4-12-25-18)14-16-5-2-1-3-6-16/h1-3,5-6,9,11,17-18H,4,7-8,10,12-15H2/t17-,18+/m0/s1. The van der Waals surface area contributed by atoms with Crippen LogP contribution in [-0.4, -0.2) is 39.6 Å². The van der Waals surface area contributed by atoms with Crippen LogP contribution in [0.15, 0.2) is 42.7 Å². The molecule has 4 rings (SSSR count). The summed E-state index contributed by atoms with van der Waals surface area (Å²) < 4.78 is 7.95. The summed E-state index contributed by atoms with van der Waals surface area (Å²) in [4.78, 5) is 19.7. The lowest BCUT2D eigenvalue weighted by atomic mass is 9.95. The number of benzene rings is 1. The van der Waals surface area contributed by atoms with E-state index in [-0.39, 0.29) is 17.9 Å². The molecule has 0 saturated carbocycles. The highest BCUT2D eigenvalue weighted by Crippen LogP contribution is 2.23. The largest absolute Gasteiger partial charge is 0.376 e. The van der Waals surface area contributed by atoms with Crippen LogP contribution in [0.1, 0.15) is 30.7 Å². The fourth-order valence-corrected chi connectivity index (χ4v) is 3.89. The smallest absolute Gasteiger partial charge is 0.226 e. The number of carbonyl (C=O) groups is 1. The van der Waals surface area contributed by atoms with E-state index in [1.165, 1.54) is 5.56 Å². The van der Waals surface area contributed by atoms with Gasteiger partial charge in [-0.25, -0.2) is 4.98 Å². The van der Waals surface area contributed by atoms with Crippen LogP contribution in [0.25, 0.3) is 0 Å². The number of aryl methyl sites for hydroxylation is 1. The Hall–Kier alpha value is -2.14. The molecule has 1 fully saturated rings. The molecule has 0 spiro atoms. The molecule has 3 heterocycles. The Balaban J connectivity index is 1.49. The number of aromatic nitrogens is 2. The molecule has 1 aromatic heterocycles. The van der Waals surface area contributed by atoms with Crippen LogP contribution in [0, 0.1) is 5.92 Å². The van der Waals surface area contributed by atoms with Crippen molar-refractivity contribution in [1.29, 1.82) is 0 Å². The molecule has 0 N–H and O–H groups in total. The normalized spacial score (nSPS) is 22.6. The van der Waals surface area contributed by atoms with Gasteiger partial charge in [0.15, 0.2) is 0 Å². The molecule has 2 aromatic rings. The molecular weight excluding hydrogens is 314 g/mol. The summed E-state index contributed by atoms with van der Waals surface area (Å²) >= 11 is 0. The van der Waals surface area contributed by atoms with E-state index in [0.29, 0.717) is 13.1 Å². The maximum absolute atomic E-state index is 13.3. The lowest BCUT2D eigenvalue weighted by Crippen LogP contribution is -2.42. The number of rotatable bonds is 5. The third kappa shape index (κ3) is 3.76. The van der Waals surface area contributed by atoms with Gasteiger partial charge in [0.05, 0.1) is 6.10 Å². The number of fused-ring (bicyclic) bond motifs is 1. The average Bonchev–Trinajstić information content (AvgIpc) is 3.32. The van der Waals surface area contributed by atoms with E-state index in [1.54, 1.807) is 0 Å². The van der Waals surface area contributed by atoms with Gasteiger partial charge < -0.3 is 14.2 Å². The van der Waals surface area contributed by atoms with Gasteiger partial charge in [-0.05, 0) is 24.8 Å². The topological polar surface area (TPSA) is 47.4 Å². The summed E-state index contributed by atoms with van der Waals surface area (Å²) in [6, 6.07) is 10.2. The summed E-state index contributed by atoms with van der Waals surface area (Å²) in [7, 11) is 0. The Morgan fingerprint density at radius 3 is 2.96 bits per heavy atom. The quantitative estimate of drug-likeness (QED) is 0.841. The van der Waals surface area contributed by atoms with Crippen LogP contribution < -0.4 is 0 Å². The van der Waals surface area contributed by atoms with Crippen molar-refractivity contribution in [3.8, 4) is 0 Å². The highest BCUT2D eigenvalue weighted by atomic mass is 16.5. The van der Waals surface area contributed by atoms with Crippen LogP contribution in [0.4, 0.5) is 0 Å². The predicted molar refractivity (Wildman–Crippen MR) is 94.9 cm³/mol. The van der Waals surface area contributed by atoms with E-state index >= 15 is 0 Å². The summed E-state index contributed by atoms with van der Waals surface area (Å²) in [6.45, 7) is 3.05. The molecule has 2 aliphatic heterocycles. The van der Waals surface area contributed by atoms with E-state index in [2.05, 4.69) is 21.7 Å². The van der Waals surface area contributed by atoms with E-state index in [9.17, 15) is 4.79 Å². The van der Waals surface area contributed by atoms with Gasteiger partial charge in [0, 0.05) is 51.0 Å². The van der Waals surface area contributed by atoms with E-state index in [1.807, 2.05) is 35.5 Å². The first kappa shape index (κ1) is 16.3. The second-order valence-corrected chi connectivity index (χ2v) is 7.07. The zero-order valence-corrected chi connectivity index (χ0v) is 14.5. The van der Waals surface area contributed by atoms with Crippen LogP contribution in [0.5, 0.6) is 0 Å². The lowest BCUT2D eigenvalue weighted by molar-refractivity contribution is -0.138.